The van der Waals surface area contributed by atoms with E-state index in [4.69, 9.17) is 5.73 Å². The second-order valence-corrected chi connectivity index (χ2v) is 1.80. The first-order valence-corrected chi connectivity index (χ1v) is 2.62. The van der Waals surface area contributed by atoms with Crippen LogP contribution in [0.5, 0.6) is 0 Å². The van der Waals surface area contributed by atoms with E-state index in [0.29, 0.717) is 17.8 Å². The van der Waals surface area contributed by atoms with Crippen LogP contribution in [0.2, 0.25) is 0 Å². The molecule has 0 aliphatic rings. The average molecular weight is 128 g/mol. The van der Waals surface area contributed by atoms with Gasteiger partial charge in [0, 0.05) is 6.54 Å². The molecule has 0 aromatic carbocycles. The molecule has 0 atom stereocenters. The van der Waals surface area contributed by atoms with Crippen molar-refractivity contribution < 1.29 is 4.52 Å². The molecule has 4 heteroatoms. The van der Waals surface area contributed by atoms with Gasteiger partial charge >= 0.3 is 5.63 Å². The first-order valence-electron chi connectivity index (χ1n) is 2.62. The molecule has 0 radical (unpaired) electrons. The van der Waals surface area contributed by atoms with Crippen LogP contribution in [-0.2, 0) is 6.54 Å². The molecule has 1 rings (SSSR count). The Labute approximate surface area is 51.6 Å². The van der Waals surface area contributed by atoms with E-state index >= 15 is 0 Å². The molecule has 0 fully saturated rings. The molecule has 0 unspecified atom stereocenters. The molecule has 0 aliphatic carbocycles. The summed E-state index contributed by atoms with van der Waals surface area (Å²) in [5.74, 6) is 0. The maximum absolute atomic E-state index is 10.5. The van der Waals surface area contributed by atoms with E-state index in [2.05, 4.69) is 9.68 Å². The van der Waals surface area contributed by atoms with Gasteiger partial charge in [-0.25, -0.2) is 9.95 Å². The summed E-state index contributed by atoms with van der Waals surface area (Å²) in [6.07, 6.45) is 0. The Morgan fingerprint density at radius 3 is 2.67 bits per heavy atom. The summed E-state index contributed by atoms with van der Waals surface area (Å²) in [4.78, 5) is 10.5. The van der Waals surface area contributed by atoms with Gasteiger partial charge in [0.1, 0.15) is 0 Å². The molecule has 0 saturated carbocycles. The Morgan fingerprint density at radius 2 is 2.44 bits per heavy atom. The quantitative estimate of drug-likeness (QED) is 0.547. The van der Waals surface area contributed by atoms with Crippen molar-refractivity contribution >= 4 is 0 Å². The lowest BCUT2D eigenvalue weighted by Gasteiger charge is -1.84. The zero-order chi connectivity index (χ0) is 6.85. The lowest BCUT2D eigenvalue weighted by atomic mass is 10.3. The van der Waals surface area contributed by atoms with Crippen LogP contribution in [0.1, 0.15) is 11.3 Å². The highest BCUT2D eigenvalue weighted by Crippen LogP contribution is 1.94. The SMILES string of the molecule is Cc1c(CN)[nH]oc1=O. The van der Waals surface area contributed by atoms with E-state index in [1.807, 2.05) is 0 Å². The van der Waals surface area contributed by atoms with Crippen molar-refractivity contribution in [3.63, 3.8) is 0 Å². The normalized spacial score (nSPS) is 10.0. The Kier molecular flexibility index (Phi) is 1.40. The first kappa shape index (κ1) is 6.10. The Balaban J connectivity index is 3.20. The van der Waals surface area contributed by atoms with Gasteiger partial charge in [-0.1, -0.05) is 0 Å². The minimum atomic E-state index is -0.338. The van der Waals surface area contributed by atoms with E-state index in [1.54, 1.807) is 6.92 Å². The summed E-state index contributed by atoms with van der Waals surface area (Å²) >= 11 is 0. The maximum Gasteiger partial charge on any atom is 0.360 e. The van der Waals surface area contributed by atoms with E-state index in [0.717, 1.165) is 0 Å². The van der Waals surface area contributed by atoms with Gasteiger partial charge in [0.05, 0.1) is 11.3 Å². The highest BCUT2D eigenvalue weighted by Gasteiger charge is 2.02. The van der Waals surface area contributed by atoms with E-state index < -0.39 is 0 Å². The Hall–Kier alpha value is -1.03. The first-order chi connectivity index (χ1) is 4.25. The fourth-order valence-electron chi connectivity index (χ4n) is 0.579. The van der Waals surface area contributed by atoms with Gasteiger partial charge in [-0.15, -0.1) is 0 Å². The van der Waals surface area contributed by atoms with Gasteiger partial charge in [0.15, 0.2) is 0 Å². The Bertz CT molecular complexity index is 248. The fourth-order valence-corrected chi connectivity index (χ4v) is 0.579. The van der Waals surface area contributed by atoms with Crippen LogP contribution in [0, 0.1) is 6.92 Å². The van der Waals surface area contributed by atoms with Gasteiger partial charge in [-0.05, 0) is 6.92 Å². The van der Waals surface area contributed by atoms with Crippen molar-refractivity contribution in [3.8, 4) is 0 Å². The fraction of sp³-hybridized carbons (Fsp3) is 0.400. The van der Waals surface area contributed by atoms with Crippen LogP contribution in [0.25, 0.3) is 0 Å². The lowest BCUT2D eigenvalue weighted by Crippen LogP contribution is -2.02. The molecule has 0 amide bonds. The molecule has 9 heavy (non-hydrogen) atoms. The van der Waals surface area contributed by atoms with E-state index in [-0.39, 0.29) is 5.63 Å². The maximum atomic E-state index is 10.5. The third-order valence-electron chi connectivity index (χ3n) is 1.23. The summed E-state index contributed by atoms with van der Waals surface area (Å²) in [6.45, 7) is 1.99. The smallest absolute Gasteiger partial charge is 0.339 e. The van der Waals surface area contributed by atoms with E-state index in [9.17, 15) is 4.79 Å². The molecule has 1 heterocycles. The minimum Gasteiger partial charge on any atom is -0.339 e. The number of rotatable bonds is 1. The summed E-state index contributed by atoms with van der Waals surface area (Å²) in [5.41, 5.74) is 6.13. The van der Waals surface area contributed by atoms with Crippen LogP contribution < -0.4 is 11.4 Å². The molecule has 3 N–H and O–H groups in total. The largest absolute Gasteiger partial charge is 0.360 e. The minimum absolute atomic E-state index is 0.317. The summed E-state index contributed by atoms with van der Waals surface area (Å²) < 4.78 is 4.43. The molecule has 0 aliphatic heterocycles. The number of aromatic amines is 1. The summed E-state index contributed by atoms with van der Waals surface area (Å²) in [5, 5.41) is 2.41. The Morgan fingerprint density at radius 1 is 1.78 bits per heavy atom. The molecule has 4 nitrogen and oxygen atoms in total. The number of nitrogens with one attached hydrogen (secondary N) is 1. The van der Waals surface area contributed by atoms with Gasteiger partial charge in [-0.2, -0.15) is 0 Å². The van der Waals surface area contributed by atoms with Crippen molar-refractivity contribution in [1.29, 1.82) is 0 Å². The zero-order valence-electron chi connectivity index (χ0n) is 5.10. The number of hydrogen-bond acceptors (Lipinski definition) is 3. The molecular formula is C5H8N2O2. The predicted octanol–water partition coefficient (Wildman–Crippen LogP) is -0.265. The number of aromatic nitrogens is 1. The van der Waals surface area contributed by atoms with Crippen molar-refractivity contribution in [2.75, 3.05) is 0 Å². The highest BCUT2D eigenvalue weighted by molar-refractivity contribution is 5.11. The average Bonchev–Trinajstić information content (AvgIpc) is 2.15. The topological polar surface area (TPSA) is 72.0 Å². The number of hydrogen-bond donors (Lipinski definition) is 2. The van der Waals surface area contributed by atoms with Crippen molar-refractivity contribution in [3.05, 3.63) is 21.7 Å². The summed E-state index contributed by atoms with van der Waals surface area (Å²) in [7, 11) is 0. The third-order valence-corrected chi connectivity index (χ3v) is 1.23. The summed E-state index contributed by atoms with van der Waals surface area (Å²) in [6, 6.07) is 0. The van der Waals surface area contributed by atoms with Gasteiger partial charge in [0.2, 0.25) is 0 Å². The molecule has 1 aromatic rings. The molecule has 50 valence electrons. The molecule has 1 aromatic heterocycles. The number of H-pyrrole nitrogens is 1. The van der Waals surface area contributed by atoms with Crippen molar-refractivity contribution in [1.82, 2.24) is 5.16 Å². The van der Waals surface area contributed by atoms with E-state index in [1.165, 1.54) is 0 Å². The third kappa shape index (κ3) is 0.882. The highest BCUT2D eigenvalue weighted by atomic mass is 16.5. The van der Waals surface area contributed by atoms with Crippen LogP contribution in [0.4, 0.5) is 0 Å². The van der Waals surface area contributed by atoms with Crippen LogP contribution in [-0.4, -0.2) is 5.16 Å². The standard InChI is InChI=1S/C5H8N2O2/c1-3-4(2-6)7-9-5(3)8/h7H,2,6H2,1H3. The zero-order valence-corrected chi connectivity index (χ0v) is 5.10. The van der Waals surface area contributed by atoms with Gasteiger partial charge in [0.25, 0.3) is 0 Å². The predicted molar refractivity (Wildman–Crippen MR) is 32.0 cm³/mol. The molecule has 0 saturated heterocycles. The second-order valence-electron chi connectivity index (χ2n) is 1.80. The molecular weight excluding hydrogens is 120 g/mol. The number of nitrogens with two attached hydrogens (primary N) is 1. The van der Waals surface area contributed by atoms with Crippen LogP contribution in [0.15, 0.2) is 9.32 Å². The van der Waals surface area contributed by atoms with Crippen LogP contribution in [0.3, 0.4) is 0 Å². The van der Waals surface area contributed by atoms with Crippen molar-refractivity contribution in [2.45, 2.75) is 13.5 Å². The lowest BCUT2D eigenvalue weighted by molar-refractivity contribution is 0.384. The van der Waals surface area contributed by atoms with Gasteiger partial charge in [-0.3, -0.25) is 0 Å². The van der Waals surface area contributed by atoms with Crippen molar-refractivity contribution in [2.24, 2.45) is 5.73 Å². The van der Waals surface area contributed by atoms with Gasteiger partial charge < -0.3 is 10.3 Å². The second kappa shape index (κ2) is 2.06. The monoisotopic (exact) mass is 128 g/mol. The van der Waals surface area contributed by atoms with Crippen LogP contribution >= 0.6 is 0 Å². The molecule has 0 bridgehead atoms. The molecule has 0 spiro atoms.